The first-order valence-corrected chi connectivity index (χ1v) is 14.8. The van der Waals surface area contributed by atoms with Crippen LogP contribution in [0.15, 0.2) is 77.7 Å². The Morgan fingerprint density at radius 2 is 1.54 bits per heavy atom. The number of anilines is 1. The van der Waals surface area contributed by atoms with Crippen LogP contribution >= 0.6 is 0 Å². The Labute approximate surface area is 232 Å². The standard InChI is InChI=1S/C31H39N3O4S/c1-6-19-32-31(36)29(7-2)33(21-26-16-13-23(3)14-17-26)30(35)22-34(27-18-15-24(4)25(5)20-27)39(37,38)28-11-9-8-10-12-28/h8-18,20,29H,6-7,19,21-22H2,1-5H3,(H,32,36)/t29-/m0/s1. The van der Waals surface area contributed by atoms with Crippen molar-refractivity contribution in [1.29, 1.82) is 0 Å². The minimum absolute atomic E-state index is 0.0915. The van der Waals surface area contributed by atoms with E-state index >= 15 is 0 Å². The number of amides is 2. The summed E-state index contributed by atoms with van der Waals surface area (Å²) in [5, 5.41) is 2.90. The molecular formula is C31H39N3O4S. The summed E-state index contributed by atoms with van der Waals surface area (Å²) < 4.78 is 28.9. The number of rotatable bonds is 12. The second kappa shape index (κ2) is 13.4. The summed E-state index contributed by atoms with van der Waals surface area (Å²) >= 11 is 0. The van der Waals surface area contributed by atoms with Gasteiger partial charge in [-0.05, 0) is 74.6 Å². The summed E-state index contributed by atoms with van der Waals surface area (Å²) in [7, 11) is -4.07. The van der Waals surface area contributed by atoms with Crippen molar-refractivity contribution in [1.82, 2.24) is 10.2 Å². The van der Waals surface area contributed by atoms with Gasteiger partial charge >= 0.3 is 0 Å². The molecule has 1 atom stereocenters. The highest BCUT2D eigenvalue weighted by Crippen LogP contribution is 2.26. The van der Waals surface area contributed by atoms with E-state index in [0.29, 0.717) is 18.7 Å². The highest BCUT2D eigenvalue weighted by atomic mass is 32.2. The van der Waals surface area contributed by atoms with Crippen molar-refractivity contribution in [2.75, 3.05) is 17.4 Å². The molecule has 3 aromatic carbocycles. The van der Waals surface area contributed by atoms with Gasteiger partial charge in [-0.3, -0.25) is 13.9 Å². The molecular weight excluding hydrogens is 510 g/mol. The average Bonchev–Trinajstić information content (AvgIpc) is 2.93. The molecule has 0 aliphatic carbocycles. The Balaban J connectivity index is 2.06. The van der Waals surface area contributed by atoms with Crippen molar-refractivity contribution >= 4 is 27.5 Å². The zero-order valence-electron chi connectivity index (χ0n) is 23.5. The fourth-order valence-corrected chi connectivity index (χ4v) is 5.73. The van der Waals surface area contributed by atoms with Crippen molar-refractivity contribution < 1.29 is 18.0 Å². The number of aryl methyl sites for hydroxylation is 3. The van der Waals surface area contributed by atoms with Crippen molar-refractivity contribution in [2.24, 2.45) is 0 Å². The van der Waals surface area contributed by atoms with Gasteiger partial charge in [0.15, 0.2) is 0 Å². The van der Waals surface area contributed by atoms with Gasteiger partial charge < -0.3 is 10.2 Å². The number of benzene rings is 3. The average molecular weight is 550 g/mol. The van der Waals surface area contributed by atoms with E-state index in [-0.39, 0.29) is 17.3 Å². The van der Waals surface area contributed by atoms with Gasteiger partial charge in [-0.1, -0.05) is 67.9 Å². The molecule has 3 rings (SSSR count). The number of hydrogen-bond donors (Lipinski definition) is 1. The number of nitrogens with one attached hydrogen (secondary N) is 1. The van der Waals surface area contributed by atoms with E-state index in [2.05, 4.69) is 5.32 Å². The van der Waals surface area contributed by atoms with E-state index in [1.807, 2.05) is 65.0 Å². The minimum Gasteiger partial charge on any atom is -0.354 e. The third-order valence-corrected chi connectivity index (χ3v) is 8.59. The van der Waals surface area contributed by atoms with E-state index in [9.17, 15) is 18.0 Å². The van der Waals surface area contributed by atoms with Crippen LogP contribution in [-0.4, -0.2) is 44.3 Å². The van der Waals surface area contributed by atoms with Crippen LogP contribution in [0.5, 0.6) is 0 Å². The zero-order valence-corrected chi connectivity index (χ0v) is 24.3. The molecule has 0 spiro atoms. The van der Waals surface area contributed by atoms with Gasteiger partial charge in [0.25, 0.3) is 10.0 Å². The first-order valence-electron chi connectivity index (χ1n) is 13.4. The molecule has 7 nitrogen and oxygen atoms in total. The molecule has 0 saturated heterocycles. The van der Waals surface area contributed by atoms with Crippen LogP contribution in [0, 0.1) is 20.8 Å². The predicted molar refractivity (Wildman–Crippen MR) is 156 cm³/mol. The Bertz CT molecular complexity index is 1370. The normalized spacial score (nSPS) is 12.0. The monoisotopic (exact) mass is 549 g/mol. The SMILES string of the molecule is CCCNC(=O)[C@H](CC)N(Cc1ccc(C)cc1)C(=O)CN(c1ccc(C)c(C)c1)S(=O)(=O)c1ccccc1. The fraction of sp³-hybridized carbons (Fsp3) is 0.355. The van der Waals surface area contributed by atoms with Gasteiger partial charge in [-0.2, -0.15) is 0 Å². The van der Waals surface area contributed by atoms with Crippen LogP contribution in [0.1, 0.15) is 48.9 Å². The lowest BCUT2D eigenvalue weighted by atomic mass is 10.1. The molecule has 1 N–H and O–H groups in total. The van der Waals surface area contributed by atoms with E-state index in [4.69, 9.17) is 0 Å². The van der Waals surface area contributed by atoms with Crippen LogP contribution in [0.4, 0.5) is 5.69 Å². The Hall–Kier alpha value is -3.65. The van der Waals surface area contributed by atoms with Crippen LogP contribution in [0.2, 0.25) is 0 Å². The van der Waals surface area contributed by atoms with Crippen molar-refractivity contribution in [3.63, 3.8) is 0 Å². The van der Waals surface area contributed by atoms with Gasteiger partial charge in [-0.15, -0.1) is 0 Å². The molecule has 0 aromatic heterocycles. The third-order valence-electron chi connectivity index (χ3n) is 6.80. The summed E-state index contributed by atoms with van der Waals surface area (Å²) in [6, 6.07) is 20.4. The van der Waals surface area contributed by atoms with Crippen LogP contribution < -0.4 is 9.62 Å². The van der Waals surface area contributed by atoms with Gasteiger partial charge in [0, 0.05) is 13.1 Å². The van der Waals surface area contributed by atoms with Crippen molar-refractivity contribution in [3.05, 3.63) is 95.1 Å². The molecule has 0 saturated carbocycles. The van der Waals surface area contributed by atoms with Crippen molar-refractivity contribution in [2.45, 2.75) is 64.9 Å². The smallest absolute Gasteiger partial charge is 0.264 e. The quantitative estimate of drug-likeness (QED) is 0.339. The van der Waals surface area contributed by atoms with E-state index < -0.39 is 28.5 Å². The topological polar surface area (TPSA) is 86.8 Å². The molecule has 0 unspecified atom stereocenters. The lowest BCUT2D eigenvalue weighted by Gasteiger charge is -2.33. The molecule has 2 amide bonds. The number of carbonyl (C=O) groups is 2. The maximum atomic E-state index is 14.0. The molecule has 39 heavy (non-hydrogen) atoms. The molecule has 208 valence electrons. The highest BCUT2D eigenvalue weighted by molar-refractivity contribution is 7.92. The van der Waals surface area contributed by atoms with Crippen molar-refractivity contribution in [3.8, 4) is 0 Å². The molecule has 0 aliphatic heterocycles. The van der Waals surface area contributed by atoms with E-state index in [0.717, 1.165) is 33.0 Å². The van der Waals surface area contributed by atoms with Crippen LogP contribution in [0.25, 0.3) is 0 Å². The molecule has 3 aromatic rings. The predicted octanol–water partition coefficient (Wildman–Crippen LogP) is 5.14. The summed E-state index contributed by atoms with van der Waals surface area (Å²) in [5.74, 6) is -0.699. The maximum Gasteiger partial charge on any atom is 0.264 e. The number of sulfonamides is 1. The second-order valence-corrected chi connectivity index (χ2v) is 11.7. The largest absolute Gasteiger partial charge is 0.354 e. The second-order valence-electron chi connectivity index (χ2n) is 9.82. The summed E-state index contributed by atoms with van der Waals surface area (Å²) in [6.07, 6.45) is 1.16. The lowest BCUT2D eigenvalue weighted by molar-refractivity contribution is -0.140. The molecule has 0 aliphatic rings. The number of hydrogen-bond acceptors (Lipinski definition) is 4. The molecule has 0 fully saturated rings. The third kappa shape index (κ3) is 7.47. The Kier molecular flexibility index (Phi) is 10.3. The maximum absolute atomic E-state index is 14.0. The van der Waals surface area contributed by atoms with E-state index in [1.165, 1.54) is 17.0 Å². The number of carbonyl (C=O) groups excluding carboxylic acids is 2. The molecule has 0 radical (unpaired) electrons. The van der Waals surface area contributed by atoms with Gasteiger partial charge in [-0.25, -0.2) is 8.42 Å². The Morgan fingerprint density at radius 1 is 0.872 bits per heavy atom. The first kappa shape index (κ1) is 29.9. The minimum atomic E-state index is -4.07. The van der Waals surface area contributed by atoms with E-state index in [1.54, 1.807) is 30.3 Å². The molecule has 0 heterocycles. The fourth-order valence-electron chi connectivity index (χ4n) is 4.30. The molecule has 0 bridgehead atoms. The Morgan fingerprint density at radius 3 is 2.13 bits per heavy atom. The molecule has 8 heteroatoms. The highest BCUT2D eigenvalue weighted by Gasteiger charge is 2.33. The number of nitrogens with zero attached hydrogens (tertiary/aromatic N) is 2. The summed E-state index contributed by atoms with van der Waals surface area (Å²) in [4.78, 5) is 28.8. The summed E-state index contributed by atoms with van der Waals surface area (Å²) in [6.45, 7) is 9.90. The zero-order chi connectivity index (χ0) is 28.6. The van der Waals surface area contributed by atoms with Crippen LogP contribution in [0.3, 0.4) is 0 Å². The van der Waals surface area contributed by atoms with Crippen LogP contribution in [-0.2, 0) is 26.2 Å². The van der Waals surface area contributed by atoms with Gasteiger partial charge in [0.1, 0.15) is 12.6 Å². The van der Waals surface area contributed by atoms with Gasteiger partial charge in [0.05, 0.1) is 10.6 Å². The first-order chi connectivity index (χ1) is 18.6. The lowest BCUT2D eigenvalue weighted by Crippen LogP contribution is -2.52. The summed E-state index contributed by atoms with van der Waals surface area (Å²) in [5.41, 5.74) is 4.27. The van der Waals surface area contributed by atoms with Gasteiger partial charge in [0.2, 0.25) is 11.8 Å².